The Labute approximate surface area is 115 Å². The molecule has 2 unspecified atom stereocenters. The SMILES string of the molecule is Cc1ccsc1C(C(C)N)N(CC1CC1)C(C)C. The second-order valence-corrected chi connectivity index (χ2v) is 6.95. The van der Waals surface area contributed by atoms with Crippen molar-refractivity contribution < 1.29 is 0 Å². The molecule has 18 heavy (non-hydrogen) atoms. The Morgan fingerprint density at radius 2 is 2.06 bits per heavy atom. The Kier molecular flexibility index (Phi) is 4.46. The summed E-state index contributed by atoms with van der Waals surface area (Å²) >= 11 is 1.86. The van der Waals surface area contributed by atoms with E-state index in [1.807, 2.05) is 11.3 Å². The Bertz CT molecular complexity index is 380. The molecule has 2 nitrogen and oxygen atoms in total. The Hall–Kier alpha value is -0.380. The fraction of sp³-hybridized carbons (Fsp3) is 0.733. The largest absolute Gasteiger partial charge is 0.326 e. The zero-order valence-corrected chi connectivity index (χ0v) is 12.8. The third-order valence-electron chi connectivity index (χ3n) is 3.85. The first-order chi connectivity index (χ1) is 8.50. The van der Waals surface area contributed by atoms with E-state index >= 15 is 0 Å². The third kappa shape index (κ3) is 3.14. The summed E-state index contributed by atoms with van der Waals surface area (Å²) in [5, 5.41) is 2.19. The predicted octanol–water partition coefficient (Wildman–Crippen LogP) is 3.57. The first kappa shape index (κ1) is 14.0. The average molecular weight is 266 g/mol. The molecule has 0 spiro atoms. The van der Waals surface area contributed by atoms with Gasteiger partial charge in [-0.15, -0.1) is 11.3 Å². The minimum atomic E-state index is 0.184. The summed E-state index contributed by atoms with van der Waals surface area (Å²) < 4.78 is 0. The predicted molar refractivity (Wildman–Crippen MR) is 80.0 cm³/mol. The lowest BCUT2D eigenvalue weighted by molar-refractivity contribution is 0.131. The number of aryl methyl sites for hydroxylation is 1. The van der Waals surface area contributed by atoms with Gasteiger partial charge < -0.3 is 5.73 Å². The molecule has 1 heterocycles. The van der Waals surface area contributed by atoms with Gasteiger partial charge >= 0.3 is 0 Å². The second-order valence-electron chi connectivity index (χ2n) is 6.01. The number of nitrogens with two attached hydrogens (primary N) is 1. The molecule has 0 radical (unpaired) electrons. The molecule has 102 valence electrons. The molecular formula is C15H26N2S. The van der Waals surface area contributed by atoms with Crippen LogP contribution < -0.4 is 5.73 Å². The highest BCUT2D eigenvalue weighted by Gasteiger charge is 2.33. The van der Waals surface area contributed by atoms with Crippen molar-refractivity contribution in [2.24, 2.45) is 11.7 Å². The summed E-state index contributed by atoms with van der Waals surface area (Å²) in [7, 11) is 0. The van der Waals surface area contributed by atoms with E-state index in [1.165, 1.54) is 29.8 Å². The van der Waals surface area contributed by atoms with E-state index in [4.69, 9.17) is 5.73 Å². The summed E-state index contributed by atoms with van der Waals surface area (Å²) in [5.41, 5.74) is 7.69. The van der Waals surface area contributed by atoms with Gasteiger partial charge in [0.2, 0.25) is 0 Å². The molecule has 1 aromatic rings. The van der Waals surface area contributed by atoms with Crippen molar-refractivity contribution in [3.63, 3.8) is 0 Å². The number of nitrogens with zero attached hydrogens (tertiary/aromatic N) is 1. The molecule has 1 saturated carbocycles. The summed E-state index contributed by atoms with van der Waals surface area (Å²) in [4.78, 5) is 4.07. The molecule has 0 aromatic carbocycles. The van der Waals surface area contributed by atoms with Crippen molar-refractivity contribution >= 4 is 11.3 Å². The molecule has 0 saturated heterocycles. The maximum atomic E-state index is 6.30. The van der Waals surface area contributed by atoms with Crippen LogP contribution in [0.5, 0.6) is 0 Å². The van der Waals surface area contributed by atoms with Crippen LogP contribution in [0, 0.1) is 12.8 Å². The maximum Gasteiger partial charge on any atom is 0.0595 e. The lowest BCUT2D eigenvalue weighted by atomic mass is 10.0. The molecule has 3 heteroatoms. The van der Waals surface area contributed by atoms with Crippen molar-refractivity contribution in [1.82, 2.24) is 4.90 Å². The first-order valence-electron chi connectivity index (χ1n) is 7.06. The number of hydrogen-bond donors (Lipinski definition) is 1. The molecule has 2 N–H and O–H groups in total. The van der Waals surface area contributed by atoms with Gasteiger partial charge in [-0.1, -0.05) is 0 Å². The van der Waals surface area contributed by atoms with Crippen LogP contribution in [0.15, 0.2) is 11.4 Å². The first-order valence-corrected chi connectivity index (χ1v) is 7.94. The van der Waals surface area contributed by atoms with Gasteiger partial charge in [-0.2, -0.15) is 0 Å². The minimum Gasteiger partial charge on any atom is -0.326 e. The molecule has 1 aliphatic carbocycles. The van der Waals surface area contributed by atoms with Crippen molar-refractivity contribution in [2.75, 3.05) is 6.54 Å². The highest BCUT2D eigenvalue weighted by Crippen LogP contribution is 2.37. The Morgan fingerprint density at radius 1 is 1.39 bits per heavy atom. The second kappa shape index (κ2) is 5.72. The maximum absolute atomic E-state index is 6.30. The van der Waals surface area contributed by atoms with Crippen LogP contribution in [0.1, 0.15) is 50.1 Å². The van der Waals surface area contributed by atoms with Crippen LogP contribution in [-0.2, 0) is 0 Å². The molecule has 1 fully saturated rings. The van der Waals surface area contributed by atoms with Gasteiger partial charge in [-0.05, 0) is 63.5 Å². The minimum absolute atomic E-state index is 0.184. The van der Waals surface area contributed by atoms with Crippen molar-refractivity contribution in [3.05, 3.63) is 21.9 Å². The van der Waals surface area contributed by atoms with E-state index in [1.54, 1.807) is 0 Å². The molecule has 2 atom stereocenters. The van der Waals surface area contributed by atoms with Crippen LogP contribution in [-0.4, -0.2) is 23.5 Å². The van der Waals surface area contributed by atoms with E-state index < -0.39 is 0 Å². The molecule has 1 aliphatic rings. The third-order valence-corrected chi connectivity index (χ3v) is 4.94. The smallest absolute Gasteiger partial charge is 0.0595 e. The van der Waals surface area contributed by atoms with Crippen LogP contribution in [0.3, 0.4) is 0 Å². The number of rotatable bonds is 6. The normalized spacial score (nSPS) is 19.5. The molecule has 0 bridgehead atoms. The fourth-order valence-electron chi connectivity index (χ4n) is 2.62. The van der Waals surface area contributed by atoms with E-state index in [-0.39, 0.29) is 6.04 Å². The molecule has 0 aliphatic heterocycles. The monoisotopic (exact) mass is 266 g/mol. The van der Waals surface area contributed by atoms with Crippen molar-refractivity contribution in [2.45, 2.75) is 58.7 Å². The van der Waals surface area contributed by atoms with Gasteiger partial charge in [0, 0.05) is 23.5 Å². The van der Waals surface area contributed by atoms with Crippen LogP contribution >= 0.6 is 11.3 Å². The lowest BCUT2D eigenvalue weighted by Crippen LogP contribution is -2.44. The number of hydrogen-bond acceptors (Lipinski definition) is 3. The van der Waals surface area contributed by atoms with Crippen LogP contribution in [0.25, 0.3) is 0 Å². The highest BCUT2D eigenvalue weighted by molar-refractivity contribution is 7.10. The zero-order valence-electron chi connectivity index (χ0n) is 12.0. The number of thiophene rings is 1. The summed E-state index contributed by atoms with van der Waals surface area (Å²) in [6, 6.07) is 3.34. The highest BCUT2D eigenvalue weighted by atomic mass is 32.1. The van der Waals surface area contributed by atoms with Gasteiger partial charge in [0.15, 0.2) is 0 Å². The summed E-state index contributed by atoms with van der Waals surface area (Å²) in [6.45, 7) is 10.1. The fourth-order valence-corrected chi connectivity index (χ4v) is 3.79. The van der Waals surface area contributed by atoms with E-state index in [2.05, 4.69) is 44.0 Å². The van der Waals surface area contributed by atoms with E-state index in [9.17, 15) is 0 Å². The Balaban J connectivity index is 2.23. The Morgan fingerprint density at radius 3 is 2.44 bits per heavy atom. The van der Waals surface area contributed by atoms with Gasteiger partial charge in [0.05, 0.1) is 6.04 Å². The topological polar surface area (TPSA) is 29.3 Å². The molecular weight excluding hydrogens is 240 g/mol. The summed E-state index contributed by atoms with van der Waals surface area (Å²) in [5.74, 6) is 0.911. The van der Waals surface area contributed by atoms with Crippen molar-refractivity contribution in [1.29, 1.82) is 0 Å². The lowest BCUT2D eigenvalue weighted by Gasteiger charge is -2.37. The quantitative estimate of drug-likeness (QED) is 0.853. The standard InChI is InChI=1S/C15H26N2S/c1-10(2)17(9-13-5-6-13)14(12(4)16)15-11(3)7-8-18-15/h7-8,10,12-14H,5-6,9,16H2,1-4H3. The van der Waals surface area contributed by atoms with Gasteiger partial charge in [-0.3, -0.25) is 4.90 Å². The van der Waals surface area contributed by atoms with E-state index in [0.717, 1.165) is 5.92 Å². The zero-order chi connectivity index (χ0) is 13.3. The average Bonchev–Trinajstić information content (AvgIpc) is 3.00. The molecule has 1 aromatic heterocycles. The van der Waals surface area contributed by atoms with Crippen LogP contribution in [0.4, 0.5) is 0 Å². The van der Waals surface area contributed by atoms with Gasteiger partial charge in [0.1, 0.15) is 0 Å². The van der Waals surface area contributed by atoms with Gasteiger partial charge in [0.25, 0.3) is 0 Å². The van der Waals surface area contributed by atoms with Crippen LogP contribution in [0.2, 0.25) is 0 Å². The molecule has 2 rings (SSSR count). The van der Waals surface area contributed by atoms with E-state index in [0.29, 0.717) is 12.1 Å². The summed E-state index contributed by atoms with van der Waals surface area (Å²) in [6.07, 6.45) is 2.80. The van der Waals surface area contributed by atoms with Crippen molar-refractivity contribution in [3.8, 4) is 0 Å². The van der Waals surface area contributed by atoms with Gasteiger partial charge in [-0.25, -0.2) is 0 Å². The molecule has 0 amide bonds.